The maximum Gasteiger partial charge on any atom is 0.232 e. The van der Waals surface area contributed by atoms with Crippen molar-refractivity contribution in [2.24, 2.45) is 0 Å². The Morgan fingerprint density at radius 2 is 1.80 bits per heavy atom. The van der Waals surface area contributed by atoms with Crippen molar-refractivity contribution in [3.8, 4) is 0 Å². The topological polar surface area (TPSA) is 29.1 Å². The second-order valence-electron chi connectivity index (χ2n) is 5.66. The van der Waals surface area contributed by atoms with E-state index >= 15 is 0 Å². The Labute approximate surface area is 126 Å². The molecule has 1 N–H and O–H groups in total. The summed E-state index contributed by atoms with van der Waals surface area (Å²) in [6.45, 7) is 2.24. The van der Waals surface area contributed by atoms with Gasteiger partial charge in [0.1, 0.15) is 0 Å². The first-order valence-corrected chi connectivity index (χ1v) is 8.21. The van der Waals surface area contributed by atoms with Crippen LogP contribution in [0, 0.1) is 0 Å². The number of nitrogens with one attached hydrogen (secondary N) is 1. The average molecular weight is 294 g/mol. The fraction of sp³-hybridized carbons (Fsp3) is 0.588. The van der Waals surface area contributed by atoms with Crippen LogP contribution in [0.15, 0.2) is 18.2 Å². The summed E-state index contributed by atoms with van der Waals surface area (Å²) >= 11 is 6.12. The van der Waals surface area contributed by atoms with Crippen molar-refractivity contribution < 1.29 is 4.79 Å². The van der Waals surface area contributed by atoms with E-state index in [-0.39, 0.29) is 11.8 Å². The molecule has 0 radical (unpaired) electrons. The second-order valence-corrected chi connectivity index (χ2v) is 6.06. The van der Waals surface area contributed by atoms with Gasteiger partial charge in [-0.3, -0.25) is 4.79 Å². The fourth-order valence-electron chi connectivity index (χ4n) is 2.91. The molecule has 0 fully saturated rings. The van der Waals surface area contributed by atoms with Crippen molar-refractivity contribution in [2.45, 2.75) is 64.2 Å². The summed E-state index contributed by atoms with van der Waals surface area (Å²) in [4.78, 5) is 12.0. The number of rotatable bonds is 8. The molecular weight excluding hydrogens is 270 g/mol. The van der Waals surface area contributed by atoms with Gasteiger partial charge in [0.25, 0.3) is 0 Å². The predicted molar refractivity (Wildman–Crippen MR) is 85.4 cm³/mol. The lowest BCUT2D eigenvalue weighted by Gasteiger charge is -2.08. The summed E-state index contributed by atoms with van der Waals surface area (Å²) in [5.74, 6) is 0.110. The van der Waals surface area contributed by atoms with Crippen LogP contribution in [0.3, 0.4) is 0 Å². The van der Waals surface area contributed by atoms with E-state index in [1.807, 2.05) is 18.2 Å². The number of para-hydroxylation sites is 1. The van der Waals surface area contributed by atoms with Gasteiger partial charge < -0.3 is 5.32 Å². The molecule has 0 bridgehead atoms. The van der Waals surface area contributed by atoms with Gasteiger partial charge in [-0.05, 0) is 18.1 Å². The third kappa shape index (κ3) is 3.76. The summed E-state index contributed by atoms with van der Waals surface area (Å²) < 4.78 is 0. The van der Waals surface area contributed by atoms with Crippen LogP contribution in [0.25, 0.3) is 0 Å². The number of fused-ring (bicyclic) bond motifs is 1. The largest absolute Gasteiger partial charge is 0.324 e. The maximum absolute atomic E-state index is 12.0. The van der Waals surface area contributed by atoms with E-state index in [1.54, 1.807) is 0 Å². The van der Waals surface area contributed by atoms with Crippen LogP contribution >= 0.6 is 11.6 Å². The standard InChI is InChI=1S/C17H24ClNO/c1-2-3-4-5-6-7-8-10-14-13-11-9-12-15(18)16(13)19-17(14)20/h9,11-12,14H,2-8,10H2,1H3,(H,19,20). The Balaban J connectivity index is 1.77. The number of halogens is 1. The molecule has 20 heavy (non-hydrogen) atoms. The van der Waals surface area contributed by atoms with E-state index in [9.17, 15) is 4.79 Å². The van der Waals surface area contributed by atoms with Crippen LogP contribution < -0.4 is 5.32 Å². The molecule has 0 spiro atoms. The smallest absolute Gasteiger partial charge is 0.232 e. The number of hydrogen-bond acceptors (Lipinski definition) is 1. The molecule has 0 saturated heterocycles. The number of carbonyl (C=O) groups excluding carboxylic acids is 1. The van der Waals surface area contributed by atoms with Gasteiger partial charge in [0.05, 0.1) is 16.6 Å². The van der Waals surface area contributed by atoms with Gasteiger partial charge in [0.2, 0.25) is 5.91 Å². The average Bonchev–Trinajstić information content (AvgIpc) is 2.76. The summed E-state index contributed by atoms with van der Waals surface area (Å²) in [7, 11) is 0. The number of anilines is 1. The van der Waals surface area contributed by atoms with Gasteiger partial charge in [-0.25, -0.2) is 0 Å². The minimum absolute atomic E-state index is 0.000609. The molecule has 2 rings (SSSR count). The molecule has 1 aromatic rings. The lowest BCUT2D eigenvalue weighted by atomic mass is 9.94. The molecule has 0 aromatic heterocycles. The summed E-state index contributed by atoms with van der Waals surface area (Å²) in [6, 6.07) is 5.78. The van der Waals surface area contributed by atoms with Crippen LogP contribution in [0.1, 0.15) is 69.8 Å². The van der Waals surface area contributed by atoms with E-state index in [0.29, 0.717) is 5.02 Å². The van der Waals surface area contributed by atoms with Gasteiger partial charge in [0.15, 0.2) is 0 Å². The third-order valence-electron chi connectivity index (χ3n) is 4.08. The SMILES string of the molecule is CCCCCCCCCC1C(=O)Nc2c(Cl)cccc21. The molecular formula is C17H24ClNO. The molecule has 0 saturated carbocycles. The molecule has 1 atom stereocenters. The Morgan fingerprint density at radius 1 is 1.10 bits per heavy atom. The highest BCUT2D eigenvalue weighted by Gasteiger charge is 2.30. The van der Waals surface area contributed by atoms with Crippen LogP contribution in [0.4, 0.5) is 5.69 Å². The van der Waals surface area contributed by atoms with Gasteiger partial charge in [-0.1, -0.05) is 75.6 Å². The second kappa shape index (κ2) is 7.68. The molecule has 1 aliphatic heterocycles. The highest BCUT2D eigenvalue weighted by Crippen LogP contribution is 2.39. The highest BCUT2D eigenvalue weighted by molar-refractivity contribution is 6.34. The maximum atomic E-state index is 12.0. The summed E-state index contributed by atoms with van der Waals surface area (Å²) in [6.07, 6.45) is 9.88. The first kappa shape index (κ1) is 15.4. The first-order chi connectivity index (χ1) is 9.74. The normalized spacial score (nSPS) is 17.1. The van der Waals surface area contributed by atoms with Gasteiger partial charge >= 0.3 is 0 Å². The zero-order valence-electron chi connectivity index (χ0n) is 12.3. The van der Waals surface area contributed by atoms with Crippen LogP contribution in [0.5, 0.6) is 0 Å². The molecule has 3 heteroatoms. The zero-order valence-corrected chi connectivity index (χ0v) is 13.0. The Hall–Kier alpha value is -1.02. The van der Waals surface area contributed by atoms with Crippen molar-refractivity contribution in [2.75, 3.05) is 5.32 Å². The molecule has 1 heterocycles. The van der Waals surface area contributed by atoms with Crippen molar-refractivity contribution >= 4 is 23.2 Å². The fourth-order valence-corrected chi connectivity index (χ4v) is 3.14. The summed E-state index contributed by atoms with van der Waals surface area (Å²) in [5.41, 5.74) is 1.90. The van der Waals surface area contributed by atoms with Crippen LogP contribution in [-0.2, 0) is 4.79 Å². The number of unbranched alkanes of at least 4 members (excludes halogenated alkanes) is 6. The molecule has 2 nitrogen and oxygen atoms in total. The monoisotopic (exact) mass is 293 g/mol. The predicted octanol–water partition coefficient (Wildman–Crippen LogP) is 5.52. The van der Waals surface area contributed by atoms with E-state index in [2.05, 4.69) is 12.2 Å². The van der Waals surface area contributed by atoms with Gasteiger partial charge in [0, 0.05) is 0 Å². The van der Waals surface area contributed by atoms with Crippen LogP contribution in [-0.4, -0.2) is 5.91 Å². The molecule has 0 aliphatic carbocycles. The quantitative estimate of drug-likeness (QED) is 0.629. The van der Waals surface area contributed by atoms with E-state index in [0.717, 1.165) is 24.1 Å². The van der Waals surface area contributed by atoms with Crippen molar-refractivity contribution in [1.82, 2.24) is 0 Å². The minimum atomic E-state index is -0.000609. The van der Waals surface area contributed by atoms with Crippen molar-refractivity contribution in [3.63, 3.8) is 0 Å². The number of benzene rings is 1. The molecule has 1 unspecified atom stereocenters. The Kier molecular flexibility index (Phi) is 5.90. The number of hydrogen-bond donors (Lipinski definition) is 1. The van der Waals surface area contributed by atoms with Gasteiger partial charge in [-0.15, -0.1) is 0 Å². The molecule has 1 amide bonds. The number of amides is 1. The summed E-state index contributed by atoms with van der Waals surface area (Å²) in [5, 5.41) is 3.56. The molecule has 1 aliphatic rings. The third-order valence-corrected chi connectivity index (χ3v) is 4.40. The Morgan fingerprint density at radius 3 is 2.55 bits per heavy atom. The van der Waals surface area contributed by atoms with Crippen molar-refractivity contribution in [1.29, 1.82) is 0 Å². The lowest BCUT2D eigenvalue weighted by molar-refractivity contribution is -0.117. The van der Waals surface area contributed by atoms with Crippen molar-refractivity contribution in [3.05, 3.63) is 28.8 Å². The lowest BCUT2D eigenvalue weighted by Crippen LogP contribution is -2.11. The first-order valence-electron chi connectivity index (χ1n) is 7.83. The van der Waals surface area contributed by atoms with Crippen LogP contribution in [0.2, 0.25) is 5.02 Å². The number of carbonyl (C=O) groups is 1. The van der Waals surface area contributed by atoms with Gasteiger partial charge in [-0.2, -0.15) is 0 Å². The van der Waals surface area contributed by atoms with E-state index in [4.69, 9.17) is 11.6 Å². The molecule has 1 aromatic carbocycles. The Bertz CT molecular complexity index is 458. The zero-order chi connectivity index (χ0) is 14.4. The highest BCUT2D eigenvalue weighted by atomic mass is 35.5. The van der Waals surface area contributed by atoms with E-state index < -0.39 is 0 Å². The molecule has 110 valence electrons. The van der Waals surface area contributed by atoms with E-state index in [1.165, 1.54) is 38.5 Å². The minimum Gasteiger partial charge on any atom is -0.324 e.